The van der Waals surface area contributed by atoms with E-state index in [1.807, 2.05) is 4.90 Å². The molecule has 0 aromatic rings. The highest BCUT2D eigenvalue weighted by Crippen LogP contribution is 2.34. The number of amides is 2. The number of carbonyl (C=O) groups is 2. The van der Waals surface area contributed by atoms with E-state index in [4.69, 9.17) is 0 Å². The average Bonchev–Trinajstić information content (AvgIpc) is 3.07. The number of aliphatic hydroxyl groups excluding tert-OH is 1. The molecule has 1 atom stereocenters. The highest BCUT2D eigenvalue weighted by Gasteiger charge is 2.44. The summed E-state index contributed by atoms with van der Waals surface area (Å²) in [6, 6.07) is 0.394. The molecule has 5 heteroatoms. The first kappa shape index (κ1) is 12.0. The minimum absolute atomic E-state index is 0.00570. The van der Waals surface area contributed by atoms with Crippen LogP contribution < -0.4 is 5.32 Å². The lowest BCUT2D eigenvalue weighted by molar-refractivity contribution is -0.130. The summed E-state index contributed by atoms with van der Waals surface area (Å²) in [6.45, 7) is 0.572. The molecule has 0 aromatic heterocycles. The van der Waals surface area contributed by atoms with Crippen molar-refractivity contribution in [2.45, 2.75) is 50.1 Å². The fourth-order valence-corrected chi connectivity index (χ4v) is 2.94. The second kappa shape index (κ2) is 4.23. The average molecular weight is 252 g/mol. The molecule has 2 amide bonds. The van der Waals surface area contributed by atoms with E-state index in [-0.39, 0.29) is 24.3 Å². The summed E-state index contributed by atoms with van der Waals surface area (Å²) in [4.78, 5) is 25.8. The molecular weight excluding hydrogens is 232 g/mol. The first-order chi connectivity index (χ1) is 8.63. The van der Waals surface area contributed by atoms with Crippen molar-refractivity contribution in [3.63, 3.8) is 0 Å². The van der Waals surface area contributed by atoms with E-state index in [0.29, 0.717) is 19.0 Å². The number of nitrogens with one attached hydrogen (secondary N) is 1. The van der Waals surface area contributed by atoms with Crippen molar-refractivity contribution in [3.8, 4) is 0 Å². The van der Waals surface area contributed by atoms with Gasteiger partial charge in [0.25, 0.3) is 0 Å². The summed E-state index contributed by atoms with van der Waals surface area (Å²) in [5, 5.41) is 12.3. The minimum atomic E-state index is -0.396. The van der Waals surface area contributed by atoms with Crippen LogP contribution in [-0.4, -0.2) is 46.6 Å². The van der Waals surface area contributed by atoms with Crippen molar-refractivity contribution in [3.05, 3.63) is 0 Å². The molecule has 0 spiro atoms. The number of likely N-dealkylation sites (tertiary alicyclic amines) is 1. The summed E-state index contributed by atoms with van der Waals surface area (Å²) in [5.41, 5.74) is -0.396. The molecule has 3 fully saturated rings. The van der Waals surface area contributed by atoms with E-state index >= 15 is 0 Å². The van der Waals surface area contributed by atoms with Gasteiger partial charge in [-0.1, -0.05) is 0 Å². The zero-order valence-electron chi connectivity index (χ0n) is 10.5. The third-order valence-corrected chi connectivity index (χ3v) is 4.52. The van der Waals surface area contributed by atoms with Crippen LogP contribution in [0.4, 0.5) is 0 Å². The molecule has 1 heterocycles. The van der Waals surface area contributed by atoms with Crippen LogP contribution in [0.2, 0.25) is 0 Å². The molecule has 0 aromatic carbocycles. The van der Waals surface area contributed by atoms with Gasteiger partial charge >= 0.3 is 0 Å². The monoisotopic (exact) mass is 252 g/mol. The van der Waals surface area contributed by atoms with E-state index < -0.39 is 5.54 Å². The van der Waals surface area contributed by atoms with Gasteiger partial charge in [0.15, 0.2) is 0 Å². The highest BCUT2D eigenvalue weighted by molar-refractivity contribution is 5.90. The van der Waals surface area contributed by atoms with E-state index in [0.717, 1.165) is 32.1 Å². The van der Waals surface area contributed by atoms with Crippen LogP contribution in [0.25, 0.3) is 0 Å². The Bertz CT molecular complexity index is 369. The predicted octanol–water partition coefficient (Wildman–Crippen LogP) is 0.0285. The Kier molecular flexibility index (Phi) is 2.81. The maximum absolute atomic E-state index is 12.1. The molecule has 1 unspecified atom stereocenters. The highest BCUT2D eigenvalue weighted by atomic mass is 16.3. The number of hydrogen-bond acceptors (Lipinski definition) is 3. The van der Waals surface area contributed by atoms with Gasteiger partial charge in [-0.3, -0.25) is 9.59 Å². The standard InChI is InChI=1S/C13H20N2O3/c16-8-13(4-1-5-13)14-12(18)9-6-11(17)15(7-9)10-2-3-10/h9-10,16H,1-8H2,(H,14,18). The molecule has 1 aliphatic heterocycles. The van der Waals surface area contributed by atoms with Gasteiger partial charge < -0.3 is 15.3 Å². The van der Waals surface area contributed by atoms with Gasteiger partial charge in [0.05, 0.1) is 18.1 Å². The Hall–Kier alpha value is -1.10. The summed E-state index contributed by atoms with van der Waals surface area (Å²) in [7, 11) is 0. The van der Waals surface area contributed by atoms with Crippen LogP contribution in [0.3, 0.4) is 0 Å². The van der Waals surface area contributed by atoms with Gasteiger partial charge in [0, 0.05) is 19.0 Å². The first-order valence-corrected chi connectivity index (χ1v) is 6.86. The number of rotatable bonds is 4. The van der Waals surface area contributed by atoms with Crippen molar-refractivity contribution in [2.24, 2.45) is 5.92 Å². The predicted molar refractivity (Wildman–Crippen MR) is 64.7 cm³/mol. The van der Waals surface area contributed by atoms with Gasteiger partial charge in [0.1, 0.15) is 0 Å². The summed E-state index contributed by atoms with van der Waals surface area (Å²) in [6.07, 6.45) is 5.26. The number of nitrogens with zero attached hydrogens (tertiary/aromatic N) is 1. The van der Waals surface area contributed by atoms with Crippen molar-refractivity contribution < 1.29 is 14.7 Å². The third-order valence-electron chi connectivity index (χ3n) is 4.52. The molecule has 18 heavy (non-hydrogen) atoms. The molecule has 3 rings (SSSR count). The Balaban J connectivity index is 1.58. The molecule has 0 bridgehead atoms. The molecule has 5 nitrogen and oxygen atoms in total. The van der Waals surface area contributed by atoms with Crippen LogP contribution in [0.1, 0.15) is 38.5 Å². The SMILES string of the molecule is O=C(NC1(CO)CCC1)C1CC(=O)N(C2CC2)C1. The summed E-state index contributed by atoms with van der Waals surface area (Å²) < 4.78 is 0. The lowest BCUT2D eigenvalue weighted by Crippen LogP contribution is -2.57. The number of hydrogen-bond donors (Lipinski definition) is 2. The van der Waals surface area contributed by atoms with E-state index in [2.05, 4.69) is 5.32 Å². The van der Waals surface area contributed by atoms with E-state index in [1.54, 1.807) is 0 Å². The topological polar surface area (TPSA) is 69.6 Å². The van der Waals surface area contributed by atoms with Crippen LogP contribution in [-0.2, 0) is 9.59 Å². The van der Waals surface area contributed by atoms with Crippen molar-refractivity contribution >= 4 is 11.8 Å². The van der Waals surface area contributed by atoms with Gasteiger partial charge in [-0.05, 0) is 32.1 Å². The smallest absolute Gasteiger partial charge is 0.225 e. The third kappa shape index (κ3) is 2.00. The molecule has 0 radical (unpaired) electrons. The zero-order valence-corrected chi connectivity index (χ0v) is 10.5. The van der Waals surface area contributed by atoms with Crippen LogP contribution in [0.15, 0.2) is 0 Å². The van der Waals surface area contributed by atoms with Crippen molar-refractivity contribution in [1.29, 1.82) is 0 Å². The fraction of sp³-hybridized carbons (Fsp3) is 0.846. The zero-order chi connectivity index (χ0) is 12.8. The van der Waals surface area contributed by atoms with Crippen molar-refractivity contribution in [1.82, 2.24) is 10.2 Å². The van der Waals surface area contributed by atoms with Gasteiger partial charge in [-0.15, -0.1) is 0 Å². The molecule has 2 N–H and O–H groups in total. The fourth-order valence-electron chi connectivity index (χ4n) is 2.94. The molecular formula is C13H20N2O3. The van der Waals surface area contributed by atoms with E-state index in [1.165, 1.54) is 0 Å². The van der Waals surface area contributed by atoms with Gasteiger partial charge in [0.2, 0.25) is 11.8 Å². The van der Waals surface area contributed by atoms with Gasteiger partial charge in [-0.2, -0.15) is 0 Å². The second-order valence-electron chi connectivity index (χ2n) is 5.96. The molecule has 1 saturated heterocycles. The summed E-state index contributed by atoms with van der Waals surface area (Å²) >= 11 is 0. The Morgan fingerprint density at radius 1 is 1.44 bits per heavy atom. The molecule has 100 valence electrons. The van der Waals surface area contributed by atoms with Gasteiger partial charge in [-0.25, -0.2) is 0 Å². The Labute approximate surface area is 107 Å². The quantitative estimate of drug-likeness (QED) is 0.741. The Morgan fingerprint density at radius 2 is 2.17 bits per heavy atom. The first-order valence-electron chi connectivity index (χ1n) is 6.86. The second-order valence-corrected chi connectivity index (χ2v) is 5.96. The lowest BCUT2D eigenvalue weighted by Gasteiger charge is -2.41. The molecule has 3 aliphatic rings. The molecule has 2 aliphatic carbocycles. The number of carbonyl (C=O) groups excluding carboxylic acids is 2. The maximum atomic E-state index is 12.1. The molecule has 2 saturated carbocycles. The van der Waals surface area contributed by atoms with Crippen molar-refractivity contribution in [2.75, 3.05) is 13.2 Å². The minimum Gasteiger partial charge on any atom is -0.394 e. The van der Waals surface area contributed by atoms with Crippen LogP contribution in [0.5, 0.6) is 0 Å². The lowest BCUT2D eigenvalue weighted by atomic mass is 9.77. The normalized spacial score (nSPS) is 30.2. The van der Waals surface area contributed by atoms with Crippen LogP contribution in [0, 0.1) is 5.92 Å². The van der Waals surface area contributed by atoms with Crippen LogP contribution >= 0.6 is 0 Å². The largest absolute Gasteiger partial charge is 0.394 e. The Morgan fingerprint density at radius 3 is 2.67 bits per heavy atom. The number of aliphatic hydroxyl groups is 1. The maximum Gasteiger partial charge on any atom is 0.225 e. The van der Waals surface area contributed by atoms with E-state index in [9.17, 15) is 14.7 Å². The summed E-state index contributed by atoms with van der Waals surface area (Å²) in [5.74, 6) is -0.160.